The minimum absolute atomic E-state index is 0.0132. The fourth-order valence-electron chi connectivity index (χ4n) is 2.17. The lowest BCUT2D eigenvalue weighted by atomic mass is 10.2. The van der Waals surface area contributed by atoms with Gasteiger partial charge in [0.05, 0.1) is 22.8 Å². The molecule has 0 radical (unpaired) electrons. The molecule has 0 aliphatic rings. The number of anilines is 1. The molecule has 2 aromatic rings. The molecule has 0 bridgehead atoms. The molecule has 0 aliphatic heterocycles. The summed E-state index contributed by atoms with van der Waals surface area (Å²) in [5.41, 5.74) is 1.02. The summed E-state index contributed by atoms with van der Waals surface area (Å²) in [6.45, 7) is 0. The first-order valence-corrected chi connectivity index (χ1v) is 9.46. The fraction of sp³-hybridized carbons (Fsp3) is 0.0556. The topological polar surface area (TPSA) is 87.7 Å². The van der Waals surface area contributed by atoms with Gasteiger partial charge in [0.2, 0.25) is 5.91 Å². The van der Waals surface area contributed by atoms with Crippen LogP contribution in [0.5, 0.6) is 5.75 Å². The van der Waals surface area contributed by atoms with E-state index in [1.165, 1.54) is 19.3 Å². The number of thiocarbonyl (C=S) groups is 1. The lowest BCUT2D eigenvalue weighted by molar-refractivity contribution is -0.115. The summed E-state index contributed by atoms with van der Waals surface area (Å²) >= 11 is 11.8. The van der Waals surface area contributed by atoms with Crippen LogP contribution in [0.15, 0.2) is 51.4 Å². The highest BCUT2D eigenvalue weighted by molar-refractivity contribution is 9.11. The summed E-state index contributed by atoms with van der Waals surface area (Å²) in [5.74, 6) is -0.990. The van der Waals surface area contributed by atoms with Gasteiger partial charge >= 0.3 is 5.97 Å². The molecule has 6 nitrogen and oxygen atoms in total. The lowest BCUT2D eigenvalue weighted by Crippen LogP contribution is -2.33. The average molecular weight is 514 g/mol. The van der Waals surface area contributed by atoms with Crippen molar-refractivity contribution < 1.29 is 19.4 Å². The highest BCUT2D eigenvalue weighted by Crippen LogP contribution is 2.33. The minimum atomic E-state index is -1.10. The van der Waals surface area contributed by atoms with E-state index in [4.69, 9.17) is 22.1 Å². The van der Waals surface area contributed by atoms with Gasteiger partial charge in [-0.15, -0.1) is 0 Å². The van der Waals surface area contributed by atoms with E-state index in [9.17, 15) is 9.59 Å². The van der Waals surface area contributed by atoms with Crippen molar-refractivity contribution >= 4 is 72.8 Å². The molecule has 0 unspecified atom stereocenters. The van der Waals surface area contributed by atoms with Gasteiger partial charge in [-0.1, -0.05) is 28.1 Å². The quantitative estimate of drug-likeness (QED) is 0.404. The van der Waals surface area contributed by atoms with Gasteiger partial charge in [-0.3, -0.25) is 10.1 Å². The number of hydrogen-bond acceptors (Lipinski definition) is 4. The lowest BCUT2D eigenvalue weighted by Gasteiger charge is -2.11. The number of nitrogens with one attached hydrogen (secondary N) is 2. The van der Waals surface area contributed by atoms with E-state index in [1.54, 1.807) is 30.3 Å². The number of halogens is 2. The zero-order valence-corrected chi connectivity index (χ0v) is 17.9. The summed E-state index contributed by atoms with van der Waals surface area (Å²) < 4.78 is 6.87. The van der Waals surface area contributed by atoms with E-state index in [-0.39, 0.29) is 16.4 Å². The molecule has 27 heavy (non-hydrogen) atoms. The average Bonchev–Trinajstić information content (AvgIpc) is 2.59. The Hall–Kier alpha value is -2.23. The third-order valence-corrected chi connectivity index (χ3v) is 4.55. The first-order valence-electron chi connectivity index (χ1n) is 7.47. The van der Waals surface area contributed by atoms with Gasteiger partial charge in [-0.2, -0.15) is 0 Å². The van der Waals surface area contributed by atoms with E-state index in [2.05, 4.69) is 42.5 Å². The van der Waals surface area contributed by atoms with Crippen molar-refractivity contribution in [3.8, 4) is 5.75 Å². The number of rotatable bonds is 5. The number of methoxy groups -OCH3 is 1. The van der Waals surface area contributed by atoms with Gasteiger partial charge in [0.15, 0.2) is 5.11 Å². The van der Waals surface area contributed by atoms with Crippen LogP contribution in [0.4, 0.5) is 5.69 Å². The Kier molecular flexibility index (Phi) is 7.52. The number of hydrogen-bond donors (Lipinski definition) is 3. The highest BCUT2D eigenvalue weighted by atomic mass is 79.9. The van der Waals surface area contributed by atoms with Gasteiger partial charge in [0.25, 0.3) is 0 Å². The molecule has 2 aromatic carbocycles. The van der Waals surface area contributed by atoms with Crippen LogP contribution < -0.4 is 15.4 Å². The van der Waals surface area contributed by atoms with E-state index in [0.717, 1.165) is 8.95 Å². The van der Waals surface area contributed by atoms with Crippen LogP contribution >= 0.6 is 44.1 Å². The SMILES string of the molecule is COc1c(Br)cc(Br)cc1/C=C/C(=O)NC(=S)Nc1ccccc1C(=O)O. The number of benzene rings is 2. The van der Waals surface area contributed by atoms with Crippen LogP contribution in [0.1, 0.15) is 15.9 Å². The Morgan fingerprint density at radius 1 is 1.22 bits per heavy atom. The molecule has 0 saturated carbocycles. The molecular weight excluding hydrogens is 500 g/mol. The van der Waals surface area contributed by atoms with Gasteiger partial charge in [0, 0.05) is 16.1 Å². The van der Waals surface area contributed by atoms with Crippen molar-refractivity contribution in [3.63, 3.8) is 0 Å². The second-order valence-corrected chi connectivity index (χ2v) is 7.32. The summed E-state index contributed by atoms with van der Waals surface area (Å²) in [6, 6.07) is 9.88. The van der Waals surface area contributed by atoms with Crippen molar-refractivity contribution in [2.75, 3.05) is 12.4 Å². The van der Waals surface area contributed by atoms with Crippen molar-refractivity contribution in [1.82, 2.24) is 5.32 Å². The van der Waals surface area contributed by atoms with Crippen LogP contribution in [0.25, 0.3) is 6.08 Å². The number of carboxylic acid groups (broad SMARTS) is 1. The third-order valence-electron chi connectivity index (χ3n) is 3.30. The van der Waals surface area contributed by atoms with E-state index in [1.807, 2.05) is 6.07 Å². The Labute approximate surface area is 177 Å². The molecule has 9 heteroatoms. The summed E-state index contributed by atoms with van der Waals surface area (Å²) in [7, 11) is 1.53. The molecule has 2 rings (SSSR count). The molecular formula is C18H14Br2N2O4S. The zero-order valence-electron chi connectivity index (χ0n) is 14.0. The molecule has 3 N–H and O–H groups in total. The number of ether oxygens (including phenoxy) is 1. The smallest absolute Gasteiger partial charge is 0.337 e. The number of carbonyl (C=O) groups excluding carboxylic acids is 1. The van der Waals surface area contributed by atoms with E-state index < -0.39 is 11.9 Å². The summed E-state index contributed by atoms with van der Waals surface area (Å²) in [6.07, 6.45) is 2.88. The van der Waals surface area contributed by atoms with Crippen LogP contribution in [0.3, 0.4) is 0 Å². The Morgan fingerprint density at radius 3 is 2.59 bits per heavy atom. The predicted octanol–water partition coefficient (Wildman–Crippen LogP) is 4.44. The maximum Gasteiger partial charge on any atom is 0.337 e. The molecule has 0 atom stereocenters. The zero-order chi connectivity index (χ0) is 20.0. The number of amides is 1. The van der Waals surface area contributed by atoms with E-state index in [0.29, 0.717) is 11.3 Å². The molecule has 0 aliphatic carbocycles. The van der Waals surface area contributed by atoms with Gasteiger partial charge in [0.1, 0.15) is 5.75 Å². The monoisotopic (exact) mass is 512 g/mol. The Bertz CT molecular complexity index is 932. The second-order valence-electron chi connectivity index (χ2n) is 5.14. The molecule has 0 heterocycles. The Balaban J connectivity index is 2.07. The van der Waals surface area contributed by atoms with Crippen molar-refractivity contribution in [1.29, 1.82) is 0 Å². The molecule has 1 amide bonds. The number of aromatic carboxylic acids is 1. The van der Waals surface area contributed by atoms with Gasteiger partial charge in [-0.25, -0.2) is 4.79 Å². The van der Waals surface area contributed by atoms with Crippen molar-refractivity contribution in [2.24, 2.45) is 0 Å². The van der Waals surface area contributed by atoms with Crippen molar-refractivity contribution in [3.05, 3.63) is 62.5 Å². The van der Waals surface area contributed by atoms with Gasteiger partial charge in [-0.05, 0) is 58.5 Å². The van der Waals surface area contributed by atoms with Crippen LogP contribution in [0, 0.1) is 0 Å². The van der Waals surface area contributed by atoms with Gasteiger partial charge < -0.3 is 15.2 Å². The third kappa shape index (κ3) is 5.88. The first kappa shape index (κ1) is 21.1. The van der Waals surface area contributed by atoms with Crippen LogP contribution in [-0.4, -0.2) is 29.2 Å². The number of para-hydroxylation sites is 1. The molecule has 140 valence electrons. The molecule has 0 fully saturated rings. The molecule has 0 saturated heterocycles. The predicted molar refractivity (Wildman–Crippen MR) is 115 cm³/mol. The van der Waals surface area contributed by atoms with Crippen LogP contribution in [-0.2, 0) is 4.79 Å². The fourth-order valence-corrected chi connectivity index (χ4v) is 3.80. The minimum Gasteiger partial charge on any atom is -0.495 e. The number of carboxylic acids is 1. The maximum absolute atomic E-state index is 12.1. The molecule has 0 spiro atoms. The van der Waals surface area contributed by atoms with Crippen LogP contribution in [0.2, 0.25) is 0 Å². The first-order chi connectivity index (χ1) is 12.8. The maximum atomic E-state index is 12.1. The largest absolute Gasteiger partial charge is 0.495 e. The standard InChI is InChI=1S/C18H14Br2N2O4S/c1-26-16-10(8-11(19)9-13(16)20)6-7-15(23)22-18(27)21-14-5-3-2-4-12(14)17(24)25/h2-9H,1H3,(H,24,25)(H2,21,22,23,27)/b7-6+. The molecule has 0 aromatic heterocycles. The summed E-state index contributed by atoms with van der Waals surface area (Å²) in [4.78, 5) is 23.3. The van der Waals surface area contributed by atoms with Crippen molar-refractivity contribution in [2.45, 2.75) is 0 Å². The number of carbonyl (C=O) groups is 2. The second kappa shape index (κ2) is 9.63. The summed E-state index contributed by atoms with van der Waals surface area (Å²) in [5, 5.41) is 14.3. The van der Waals surface area contributed by atoms with E-state index >= 15 is 0 Å². The highest BCUT2D eigenvalue weighted by Gasteiger charge is 2.11. The normalized spacial score (nSPS) is 10.5. The Morgan fingerprint density at radius 2 is 1.93 bits per heavy atom.